The minimum atomic E-state index is -0.670. The van der Waals surface area contributed by atoms with Gasteiger partial charge in [0, 0.05) is 5.69 Å². The highest BCUT2D eigenvalue weighted by molar-refractivity contribution is 6.34. The van der Waals surface area contributed by atoms with E-state index in [2.05, 4.69) is 22.5 Å². The van der Waals surface area contributed by atoms with Crippen molar-refractivity contribution in [2.75, 3.05) is 10.6 Å². The molecule has 0 spiro atoms. The van der Waals surface area contributed by atoms with E-state index >= 15 is 0 Å². The van der Waals surface area contributed by atoms with Crippen molar-refractivity contribution in [3.8, 4) is 0 Å². The van der Waals surface area contributed by atoms with Crippen LogP contribution in [0.2, 0.25) is 5.02 Å². The molecule has 6 heteroatoms. The van der Waals surface area contributed by atoms with Crippen molar-refractivity contribution in [3.63, 3.8) is 0 Å². The standard InChI is InChI=1S/C20H17ClFN3O/c1-12-6-7-14(10-13(12)2)24-18-9-8-15(11-23-18)25-20(26)19-16(21)4-3-5-17(19)22/h3-11H,1-2H3,(H,23,24)(H,25,26). The highest BCUT2D eigenvalue weighted by Gasteiger charge is 2.15. The molecule has 0 fully saturated rings. The van der Waals surface area contributed by atoms with Crippen LogP contribution in [0.3, 0.4) is 0 Å². The molecule has 3 rings (SSSR count). The second-order valence-electron chi connectivity index (χ2n) is 5.91. The zero-order valence-electron chi connectivity index (χ0n) is 14.3. The summed E-state index contributed by atoms with van der Waals surface area (Å²) in [7, 11) is 0. The van der Waals surface area contributed by atoms with Gasteiger partial charge in [0.15, 0.2) is 0 Å². The first-order valence-electron chi connectivity index (χ1n) is 8.00. The minimum absolute atomic E-state index is 0.0588. The van der Waals surface area contributed by atoms with E-state index in [0.29, 0.717) is 11.5 Å². The summed E-state index contributed by atoms with van der Waals surface area (Å²) in [6.45, 7) is 4.09. The van der Waals surface area contributed by atoms with Gasteiger partial charge in [0.2, 0.25) is 0 Å². The molecule has 2 aromatic carbocycles. The Hall–Kier alpha value is -2.92. The van der Waals surface area contributed by atoms with E-state index < -0.39 is 11.7 Å². The fourth-order valence-electron chi connectivity index (χ4n) is 2.42. The molecule has 0 saturated heterocycles. The summed E-state index contributed by atoms with van der Waals surface area (Å²) >= 11 is 5.90. The number of carbonyl (C=O) groups excluding carboxylic acids is 1. The van der Waals surface area contributed by atoms with Crippen LogP contribution < -0.4 is 10.6 Å². The number of anilines is 3. The van der Waals surface area contributed by atoms with Gasteiger partial charge in [-0.05, 0) is 61.4 Å². The zero-order valence-corrected chi connectivity index (χ0v) is 15.1. The molecule has 26 heavy (non-hydrogen) atoms. The number of hydrogen-bond donors (Lipinski definition) is 2. The Bertz CT molecular complexity index is 938. The normalized spacial score (nSPS) is 10.5. The maximum Gasteiger partial charge on any atom is 0.260 e. The SMILES string of the molecule is Cc1ccc(Nc2ccc(NC(=O)c3c(F)cccc3Cl)cn2)cc1C. The van der Waals surface area contributed by atoms with E-state index in [1.807, 2.05) is 25.1 Å². The molecular weight excluding hydrogens is 353 g/mol. The quantitative estimate of drug-likeness (QED) is 0.639. The largest absolute Gasteiger partial charge is 0.340 e. The number of halogens is 2. The van der Waals surface area contributed by atoms with Crippen molar-refractivity contribution >= 4 is 34.7 Å². The molecule has 0 radical (unpaired) electrons. The molecule has 1 amide bonds. The highest BCUT2D eigenvalue weighted by Crippen LogP contribution is 2.22. The predicted octanol–water partition coefficient (Wildman–Crippen LogP) is 5.49. The lowest BCUT2D eigenvalue weighted by atomic mass is 10.1. The maximum atomic E-state index is 13.8. The summed E-state index contributed by atoms with van der Waals surface area (Å²) in [4.78, 5) is 16.5. The van der Waals surface area contributed by atoms with E-state index in [1.165, 1.54) is 35.5 Å². The number of nitrogens with zero attached hydrogens (tertiary/aromatic N) is 1. The van der Waals surface area contributed by atoms with Crippen LogP contribution in [0.1, 0.15) is 21.5 Å². The van der Waals surface area contributed by atoms with Gasteiger partial charge in [-0.15, -0.1) is 0 Å². The van der Waals surface area contributed by atoms with E-state index in [4.69, 9.17) is 11.6 Å². The van der Waals surface area contributed by atoms with E-state index in [9.17, 15) is 9.18 Å². The van der Waals surface area contributed by atoms with Crippen molar-refractivity contribution in [1.82, 2.24) is 4.98 Å². The fourth-order valence-corrected chi connectivity index (χ4v) is 2.67. The lowest BCUT2D eigenvalue weighted by molar-refractivity contribution is 0.102. The van der Waals surface area contributed by atoms with Crippen LogP contribution in [0, 0.1) is 19.7 Å². The van der Waals surface area contributed by atoms with Crippen molar-refractivity contribution in [2.45, 2.75) is 13.8 Å². The molecule has 0 bridgehead atoms. The lowest BCUT2D eigenvalue weighted by Crippen LogP contribution is -2.14. The lowest BCUT2D eigenvalue weighted by Gasteiger charge is -2.10. The second kappa shape index (κ2) is 7.54. The third-order valence-corrected chi connectivity index (χ3v) is 4.31. The molecule has 4 nitrogen and oxygen atoms in total. The molecule has 0 aliphatic rings. The third kappa shape index (κ3) is 4.00. The Labute approximate surface area is 156 Å². The second-order valence-corrected chi connectivity index (χ2v) is 6.31. The molecule has 2 N–H and O–H groups in total. The summed E-state index contributed by atoms with van der Waals surface area (Å²) < 4.78 is 13.8. The van der Waals surface area contributed by atoms with Gasteiger partial charge in [-0.25, -0.2) is 9.37 Å². The molecule has 1 heterocycles. The van der Waals surface area contributed by atoms with Crippen molar-refractivity contribution in [3.05, 3.63) is 82.3 Å². The molecule has 0 atom stereocenters. The molecule has 1 aromatic heterocycles. The van der Waals surface area contributed by atoms with Gasteiger partial charge < -0.3 is 10.6 Å². The zero-order chi connectivity index (χ0) is 18.7. The summed E-state index contributed by atoms with van der Waals surface area (Å²) in [6, 6.07) is 13.6. The average molecular weight is 370 g/mol. The van der Waals surface area contributed by atoms with Crippen LogP contribution in [-0.2, 0) is 0 Å². The predicted molar refractivity (Wildman–Crippen MR) is 103 cm³/mol. The Kier molecular flexibility index (Phi) is 5.19. The third-order valence-electron chi connectivity index (χ3n) is 3.99. The van der Waals surface area contributed by atoms with Crippen molar-refractivity contribution in [2.24, 2.45) is 0 Å². The Morgan fingerprint density at radius 2 is 1.81 bits per heavy atom. The van der Waals surface area contributed by atoms with E-state index in [0.717, 1.165) is 5.69 Å². The fraction of sp³-hybridized carbons (Fsp3) is 0.100. The Morgan fingerprint density at radius 1 is 1.04 bits per heavy atom. The number of carbonyl (C=O) groups is 1. The van der Waals surface area contributed by atoms with Gasteiger partial charge in [-0.2, -0.15) is 0 Å². The number of pyridine rings is 1. The van der Waals surface area contributed by atoms with Gasteiger partial charge in [0.1, 0.15) is 11.6 Å². The first-order chi connectivity index (χ1) is 12.4. The molecule has 0 saturated carbocycles. The summed E-state index contributed by atoms with van der Waals surface area (Å²) in [5, 5.41) is 5.85. The van der Waals surface area contributed by atoms with Gasteiger partial charge in [0.25, 0.3) is 5.91 Å². The molecular formula is C20H17ClFN3O. The monoisotopic (exact) mass is 369 g/mol. The topological polar surface area (TPSA) is 54.0 Å². The summed E-state index contributed by atoms with van der Waals surface area (Å²) in [5.41, 5.74) is 3.58. The van der Waals surface area contributed by atoms with Crippen LogP contribution in [-0.4, -0.2) is 10.9 Å². The molecule has 3 aromatic rings. The van der Waals surface area contributed by atoms with Gasteiger partial charge in [0.05, 0.1) is 22.5 Å². The average Bonchev–Trinajstić information content (AvgIpc) is 2.60. The van der Waals surface area contributed by atoms with E-state index in [-0.39, 0.29) is 10.6 Å². The number of amides is 1. The highest BCUT2D eigenvalue weighted by atomic mass is 35.5. The van der Waals surface area contributed by atoms with Gasteiger partial charge in [-0.3, -0.25) is 4.79 Å². The smallest absolute Gasteiger partial charge is 0.260 e. The molecule has 132 valence electrons. The van der Waals surface area contributed by atoms with Crippen LogP contribution in [0.5, 0.6) is 0 Å². The van der Waals surface area contributed by atoms with Crippen LogP contribution in [0.15, 0.2) is 54.7 Å². The number of nitrogens with one attached hydrogen (secondary N) is 2. The van der Waals surface area contributed by atoms with Crippen LogP contribution in [0.25, 0.3) is 0 Å². The number of rotatable bonds is 4. The molecule has 0 unspecified atom stereocenters. The van der Waals surface area contributed by atoms with Gasteiger partial charge in [-0.1, -0.05) is 23.7 Å². The van der Waals surface area contributed by atoms with Crippen molar-refractivity contribution < 1.29 is 9.18 Å². The molecule has 0 aliphatic carbocycles. The van der Waals surface area contributed by atoms with E-state index in [1.54, 1.807) is 12.1 Å². The van der Waals surface area contributed by atoms with Crippen molar-refractivity contribution in [1.29, 1.82) is 0 Å². The Balaban J connectivity index is 1.71. The summed E-state index contributed by atoms with van der Waals surface area (Å²) in [5.74, 6) is -0.657. The van der Waals surface area contributed by atoms with Gasteiger partial charge >= 0.3 is 0 Å². The molecule has 0 aliphatic heterocycles. The number of aromatic nitrogens is 1. The van der Waals surface area contributed by atoms with Crippen LogP contribution in [0.4, 0.5) is 21.6 Å². The minimum Gasteiger partial charge on any atom is -0.340 e. The first kappa shape index (κ1) is 17.9. The van der Waals surface area contributed by atoms with Crippen LogP contribution >= 0.6 is 11.6 Å². The number of hydrogen-bond acceptors (Lipinski definition) is 3. The Morgan fingerprint density at radius 3 is 2.46 bits per heavy atom. The first-order valence-corrected chi connectivity index (χ1v) is 8.37. The summed E-state index contributed by atoms with van der Waals surface area (Å²) in [6.07, 6.45) is 1.50. The number of benzene rings is 2. The maximum absolute atomic E-state index is 13.8. The number of aryl methyl sites for hydroxylation is 2.